The van der Waals surface area contributed by atoms with E-state index in [1.54, 1.807) is 0 Å². The minimum Gasteiger partial charge on any atom is -0.334 e. The quantitative estimate of drug-likeness (QED) is 0.166. The van der Waals surface area contributed by atoms with E-state index in [9.17, 15) is 0 Å². The summed E-state index contributed by atoms with van der Waals surface area (Å²) in [5.74, 6) is 1.90. The fourth-order valence-electron chi connectivity index (χ4n) is 11.5. The van der Waals surface area contributed by atoms with Crippen LogP contribution in [0.15, 0.2) is 255 Å². The first-order valence-electron chi connectivity index (χ1n) is 23.8. The molecule has 10 aromatic rings. The summed E-state index contributed by atoms with van der Waals surface area (Å²) >= 11 is 0. The van der Waals surface area contributed by atoms with Crippen molar-refractivity contribution in [2.24, 2.45) is 0 Å². The Morgan fingerprint density at radius 3 is 1.30 bits per heavy atom. The molecule has 3 heterocycles. The summed E-state index contributed by atoms with van der Waals surface area (Å²) in [7, 11) is -2.88. The zero-order valence-electron chi connectivity index (χ0n) is 38.1. The maximum Gasteiger partial charge on any atom is 0.164 e. The van der Waals surface area contributed by atoms with Crippen molar-refractivity contribution in [1.82, 2.24) is 15.0 Å². The summed E-state index contributed by atoms with van der Waals surface area (Å²) in [5, 5.41) is 3.93. The zero-order valence-corrected chi connectivity index (χ0v) is 39.1. The van der Waals surface area contributed by atoms with Gasteiger partial charge in [0.05, 0.1) is 6.04 Å². The molecule has 0 spiro atoms. The highest BCUT2D eigenvalue weighted by atomic mass is 28.3. The number of anilines is 2. The third-order valence-electron chi connectivity index (χ3n) is 14.7. The van der Waals surface area contributed by atoms with E-state index in [0.717, 1.165) is 61.3 Å². The first kappa shape index (κ1) is 40.7. The molecular weight excluding hydrogens is 853 g/mol. The van der Waals surface area contributed by atoms with Crippen LogP contribution in [-0.4, -0.2) is 29.1 Å². The SMILES string of the molecule is CC12C=CC=CC1N1c3cccc(c3)-c3cccc(c3)-c3cccc(c3)-c3nc(-c4ccccc4)nc(n3)-c3cccc(c3)-c3cccc(c3)-c3ccc(c1c3)[Si]2(c1ccccc1)c1ccccc1. The Balaban J connectivity index is 1.09. The molecule has 1 aromatic heterocycles. The van der Waals surface area contributed by atoms with Crippen LogP contribution in [0.4, 0.5) is 11.4 Å². The molecule has 2 aliphatic heterocycles. The van der Waals surface area contributed by atoms with Crippen molar-refractivity contribution < 1.29 is 0 Å². The molecule has 1 aliphatic carbocycles. The Morgan fingerprint density at radius 1 is 0.377 bits per heavy atom. The molecule has 5 heteroatoms. The molecule has 0 N–H and O–H groups in total. The Morgan fingerprint density at radius 2 is 0.783 bits per heavy atom. The standard InChI is InChI=1S/C64H46N4Si/c1-64-37-12-11-34-60(64)68-55-29-17-26-51(42-55)47-22-13-20-45(38-47)49-24-15-27-53(40-49)62-65-61(44-18-5-2-6-19-44)66-63(67-62)54-28-16-25-50(41-54)46-21-14-23-48(39-46)52-35-36-59(58(68)43-52)69(64,56-30-7-3-8-31-56)57-32-9-4-10-33-57/h2-43,60H,1H3. The molecule has 3 aliphatic rings. The monoisotopic (exact) mass is 898 g/mol. The van der Waals surface area contributed by atoms with E-state index in [1.165, 1.54) is 26.8 Å². The maximum atomic E-state index is 5.20. The highest BCUT2D eigenvalue weighted by Gasteiger charge is 2.62. The summed E-state index contributed by atoms with van der Waals surface area (Å²) in [6.07, 6.45) is 9.54. The van der Waals surface area contributed by atoms with Gasteiger partial charge in [-0.15, -0.1) is 0 Å². The first-order chi connectivity index (χ1) is 34.0. The molecule has 13 rings (SSSR count). The van der Waals surface area contributed by atoms with Gasteiger partial charge in [-0.1, -0.05) is 219 Å². The van der Waals surface area contributed by atoms with Crippen LogP contribution in [0.1, 0.15) is 6.92 Å². The van der Waals surface area contributed by atoms with E-state index in [0.29, 0.717) is 17.5 Å². The van der Waals surface area contributed by atoms with Gasteiger partial charge < -0.3 is 4.90 Å². The second-order valence-corrected chi connectivity index (χ2v) is 22.9. The summed E-state index contributed by atoms with van der Waals surface area (Å²) < 4.78 is 0. The molecule has 0 saturated heterocycles. The summed E-state index contributed by atoms with van der Waals surface area (Å²) in [4.78, 5) is 18.1. The topological polar surface area (TPSA) is 41.9 Å². The molecule has 4 nitrogen and oxygen atoms in total. The van der Waals surface area contributed by atoms with Crippen molar-refractivity contribution in [3.05, 3.63) is 255 Å². The van der Waals surface area contributed by atoms with Gasteiger partial charge >= 0.3 is 0 Å². The van der Waals surface area contributed by atoms with Gasteiger partial charge in [0.1, 0.15) is 0 Å². The zero-order chi connectivity index (χ0) is 45.9. The van der Waals surface area contributed by atoms with Crippen molar-refractivity contribution in [2.45, 2.75) is 18.0 Å². The lowest BCUT2D eigenvalue weighted by atomic mass is 9.91. The van der Waals surface area contributed by atoms with E-state index in [1.807, 2.05) is 18.2 Å². The highest BCUT2D eigenvalue weighted by molar-refractivity contribution is 7.14. The molecule has 0 fully saturated rings. The number of fused-ring (bicyclic) bond motifs is 22. The van der Waals surface area contributed by atoms with Gasteiger partial charge in [-0.05, 0) is 103 Å². The molecule has 2 atom stereocenters. The maximum absolute atomic E-state index is 5.20. The molecule has 326 valence electrons. The van der Waals surface area contributed by atoms with E-state index in [4.69, 9.17) is 15.0 Å². The number of hydrogen-bond acceptors (Lipinski definition) is 4. The molecular formula is C64H46N4Si. The van der Waals surface area contributed by atoms with Crippen LogP contribution in [0, 0.1) is 0 Å². The number of nitrogens with zero attached hydrogens (tertiary/aromatic N) is 4. The normalized spacial score (nSPS) is 16.9. The Kier molecular flexibility index (Phi) is 9.67. The van der Waals surface area contributed by atoms with Crippen LogP contribution in [0.2, 0.25) is 5.04 Å². The van der Waals surface area contributed by atoms with Crippen molar-refractivity contribution in [1.29, 1.82) is 0 Å². The van der Waals surface area contributed by atoms with Crippen molar-refractivity contribution in [3.63, 3.8) is 0 Å². The molecule has 9 aromatic carbocycles. The second kappa shape index (κ2) is 16.4. The Bertz CT molecular complexity index is 3620. The number of aromatic nitrogens is 3. The van der Waals surface area contributed by atoms with Gasteiger partial charge in [0, 0.05) is 33.1 Å². The fourth-order valence-corrected chi connectivity index (χ4v) is 17.6. The fraction of sp³-hybridized carbons (Fsp3) is 0.0469. The number of rotatable bonds is 3. The van der Waals surface area contributed by atoms with Crippen LogP contribution in [0.3, 0.4) is 0 Å². The molecule has 2 unspecified atom stereocenters. The third kappa shape index (κ3) is 6.68. The lowest BCUT2D eigenvalue weighted by Crippen LogP contribution is -2.79. The van der Waals surface area contributed by atoms with E-state index in [2.05, 4.69) is 248 Å². The van der Waals surface area contributed by atoms with Crippen LogP contribution < -0.4 is 20.5 Å². The van der Waals surface area contributed by atoms with E-state index in [-0.39, 0.29) is 11.1 Å². The minimum atomic E-state index is -2.88. The van der Waals surface area contributed by atoms with Gasteiger partial charge in [-0.3, -0.25) is 0 Å². The van der Waals surface area contributed by atoms with E-state index < -0.39 is 8.07 Å². The molecule has 0 radical (unpaired) electrons. The molecule has 0 saturated carbocycles. The van der Waals surface area contributed by atoms with Crippen molar-refractivity contribution in [2.75, 3.05) is 4.90 Å². The average molecular weight is 899 g/mol. The third-order valence-corrected chi connectivity index (χ3v) is 20.4. The molecule has 69 heavy (non-hydrogen) atoms. The summed E-state index contributed by atoms with van der Waals surface area (Å²) in [6.45, 7) is 2.53. The minimum absolute atomic E-state index is 0.0108. The summed E-state index contributed by atoms with van der Waals surface area (Å²) in [5.41, 5.74) is 14.2. The number of hydrogen-bond donors (Lipinski definition) is 0. The first-order valence-corrected chi connectivity index (χ1v) is 25.8. The van der Waals surface area contributed by atoms with Crippen molar-refractivity contribution in [3.8, 4) is 78.7 Å². The van der Waals surface area contributed by atoms with Gasteiger partial charge in [-0.2, -0.15) is 0 Å². The number of benzene rings is 9. The van der Waals surface area contributed by atoms with Gasteiger partial charge in [-0.25, -0.2) is 15.0 Å². The Hall–Kier alpha value is -8.51. The smallest absolute Gasteiger partial charge is 0.164 e. The predicted molar refractivity (Wildman–Crippen MR) is 288 cm³/mol. The number of allylic oxidation sites excluding steroid dienone is 2. The van der Waals surface area contributed by atoms with Crippen molar-refractivity contribution >= 4 is 35.0 Å². The van der Waals surface area contributed by atoms with Crippen LogP contribution in [0.5, 0.6) is 0 Å². The van der Waals surface area contributed by atoms with E-state index >= 15 is 0 Å². The lowest BCUT2D eigenvalue weighted by Gasteiger charge is -2.59. The highest BCUT2D eigenvalue weighted by Crippen LogP contribution is 2.54. The van der Waals surface area contributed by atoms with Gasteiger partial charge in [0.2, 0.25) is 0 Å². The van der Waals surface area contributed by atoms with Gasteiger partial charge in [0.25, 0.3) is 0 Å². The van der Waals surface area contributed by atoms with Gasteiger partial charge in [0.15, 0.2) is 25.5 Å². The average Bonchev–Trinajstić information content (AvgIpc) is 3.43. The Labute approximate surface area is 404 Å². The molecule has 14 bridgehead atoms. The van der Waals surface area contributed by atoms with Crippen LogP contribution in [0.25, 0.3) is 78.7 Å². The molecule has 0 amide bonds. The second-order valence-electron chi connectivity index (χ2n) is 18.6. The lowest BCUT2D eigenvalue weighted by molar-refractivity contribution is 0.607. The summed E-state index contributed by atoms with van der Waals surface area (Å²) in [6, 6.07) is 84.6. The predicted octanol–water partition coefficient (Wildman–Crippen LogP) is 13.7. The van der Waals surface area contributed by atoms with Crippen LogP contribution >= 0.6 is 0 Å². The largest absolute Gasteiger partial charge is 0.334 e. The van der Waals surface area contributed by atoms with Crippen LogP contribution in [-0.2, 0) is 0 Å².